The number of aromatic nitrogens is 6. The Balaban J connectivity index is 1.63. The van der Waals surface area contributed by atoms with Crippen molar-refractivity contribution in [1.29, 1.82) is 0 Å². The summed E-state index contributed by atoms with van der Waals surface area (Å²) in [5, 5.41) is 22.3. The highest BCUT2D eigenvalue weighted by Gasteiger charge is 2.33. The predicted octanol–water partition coefficient (Wildman–Crippen LogP) is 5.18. The number of pyridine rings is 1. The molecule has 1 aliphatic rings. The van der Waals surface area contributed by atoms with Crippen LogP contribution in [0.1, 0.15) is 65.7 Å². The maximum Gasteiger partial charge on any atom is 0.407 e. The third-order valence-electron chi connectivity index (χ3n) is 7.05. The molecule has 12 heteroatoms. The maximum absolute atomic E-state index is 12.5. The molecule has 0 spiro atoms. The fraction of sp³-hybridized carbons (Fsp3) is 0.690. The van der Waals surface area contributed by atoms with Gasteiger partial charge in [-0.05, 0) is 58.1 Å². The van der Waals surface area contributed by atoms with Crippen LogP contribution in [0.15, 0.2) is 18.6 Å². The molecule has 2 N–H and O–H groups in total. The first-order valence-corrected chi connectivity index (χ1v) is 18.4. The molecule has 0 bridgehead atoms. The molecule has 1 saturated carbocycles. The van der Waals surface area contributed by atoms with E-state index in [0.29, 0.717) is 50.0 Å². The van der Waals surface area contributed by atoms with Crippen LogP contribution in [0.3, 0.4) is 0 Å². The minimum atomic E-state index is -1.19. The highest BCUT2D eigenvalue weighted by molar-refractivity contribution is 6.76. The van der Waals surface area contributed by atoms with Crippen LogP contribution in [-0.4, -0.2) is 72.9 Å². The zero-order chi connectivity index (χ0) is 29.9. The molecule has 3 unspecified atom stereocenters. The maximum atomic E-state index is 12.5. The first-order chi connectivity index (χ1) is 19.2. The number of aliphatic hydroxyl groups is 1. The van der Waals surface area contributed by atoms with Crippen LogP contribution >= 0.6 is 0 Å². The molecule has 0 radical (unpaired) electrons. The number of ether oxygens (including phenoxy) is 2. The van der Waals surface area contributed by atoms with Crippen molar-refractivity contribution in [2.45, 2.75) is 117 Å². The van der Waals surface area contributed by atoms with Crippen molar-refractivity contribution in [3.8, 4) is 11.5 Å². The molecule has 3 heterocycles. The molecule has 11 nitrogen and oxygen atoms in total. The monoisotopic (exact) mass is 585 g/mol. The van der Waals surface area contributed by atoms with Crippen LogP contribution in [0.25, 0.3) is 22.6 Å². The second kappa shape index (κ2) is 12.6. The van der Waals surface area contributed by atoms with E-state index in [4.69, 9.17) is 14.5 Å². The summed E-state index contributed by atoms with van der Waals surface area (Å²) in [6.07, 6.45) is 4.92. The van der Waals surface area contributed by atoms with Crippen molar-refractivity contribution in [1.82, 2.24) is 34.6 Å². The SMILES string of the molecule is CC(C)Cc1nc2cnc(-c3nncn3COCC[Si](C)(C)C)cc2n1C1CC(O)CC(NC(=O)OC(C)(C)C)C1. The molecule has 0 aromatic carbocycles. The lowest BCUT2D eigenvalue weighted by Gasteiger charge is -2.35. The van der Waals surface area contributed by atoms with Crippen LogP contribution in [0.4, 0.5) is 4.79 Å². The number of aliphatic hydroxyl groups excluding tert-OH is 1. The van der Waals surface area contributed by atoms with E-state index in [-0.39, 0.29) is 12.1 Å². The fourth-order valence-electron chi connectivity index (χ4n) is 5.24. The highest BCUT2D eigenvalue weighted by atomic mass is 28.3. The molecule has 1 fully saturated rings. The van der Waals surface area contributed by atoms with Gasteiger partial charge in [-0.2, -0.15) is 0 Å². The van der Waals surface area contributed by atoms with E-state index in [1.54, 1.807) is 12.5 Å². The Kier molecular flexibility index (Phi) is 9.55. The van der Waals surface area contributed by atoms with Gasteiger partial charge >= 0.3 is 6.09 Å². The topological polar surface area (TPSA) is 129 Å². The average molecular weight is 586 g/mol. The number of carbonyl (C=O) groups excluding carboxylic acids is 1. The summed E-state index contributed by atoms with van der Waals surface area (Å²) in [5.74, 6) is 1.96. The van der Waals surface area contributed by atoms with Crippen molar-refractivity contribution in [3.05, 3.63) is 24.4 Å². The Morgan fingerprint density at radius 1 is 1.22 bits per heavy atom. The van der Waals surface area contributed by atoms with E-state index >= 15 is 0 Å². The van der Waals surface area contributed by atoms with Gasteiger partial charge in [0.2, 0.25) is 0 Å². The second-order valence-corrected chi connectivity index (χ2v) is 19.5. The Morgan fingerprint density at radius 3 is 2.66 bits per heavy atom. The Labute approximate surface area is 244 Å². The van der Waals surface area contributed by atoms with Crippen molar-refractivity contribution in [3.63, 3.8) is 0 Å². The van der Waals surface area contributed by atoms with Gasteiger partial charge in [0, 0.05) is 33.2 Å². The molecule has 3 atom stereocenters. The molecule has 1 amide bonds. The Morgan fingerprint density at radius 2 is 1.98 bits per heavy atom. The number of hydrogen-bond acceptors (Lipinski definition) is 8. The molecule has 3 aromatic rings. The standard InChI is InChI=1S/C29H47N7O4Si/c1-19(2)11-26-33-24-16-30-23(27-34-31-17-35(27)18-39-9-10-41(6,7)8)15-25(24)36(26)21-12-20(13-22(37)14-21)32-28(38)40-29(3,4)5/h15-17,19-22,37H,9-14,18H2,1-8H3,(H,32,38). The van der Waals surface area contributed by atoms with Crippen LogP contribution < -0.4 is 5.32 Å². The molecule has 226 valence electrons. The van der Waals surface area contributed by atoms with Crippen molar-refractivity contribution in [2.24, 2.45) is 5.92 Å². The summed E-state index contributed by atoms with van der Waals surface area (Å²) in [7, 11) is -1.19. The Bertz CT molecular complexity index is 1320. The van der Waals surface area contributed by atoms with Crippen LogP contribution in [0.2, 0.25) is 25.7 Å². The number of carbonyl (C=O) groups is 1. The summed E-state index contributed by atoms with van der Waals surface area (Å²) < 4.78 is 15.5. The lowest BCUT2D eigenvalue weighted by atomic mass is 9.88. The number of nitrogens with zero attached hydrogens (tertiary/aromatic N) is 6. The minimum absolute atomic E-state index is 0.0598. The van der Waals surface area contributed by atoms with E-state index in [0.717, 1.165) is 29.3 Å². The smallest absolute Gasteiger partial charge is 0.407 e. The third-order valence-corrected chi connectivity index (χ3v) is 8.76. The fourth-order valence-corrected chi connectivity index (χ4v) is 6.00. The number of amides is 1. The van der Waals surface area contributed by atoms with Gasteiger partial charge in [0.1, 0.15) is 35.7 Å². The van der Waals surface area contributed by atoms with Gasteiger partial charge in [-0.15, -0.1) is 10.2 Å². The van der Waals surface area contributed by atoms with E-state index in [9.17, 15) is 9.90 Å². The van der Waals surface area contributed by atoms with Crippen LogP contribution in [-0.2, 0) is 22.6 Å². The molecule has 3 aromatic heterocycles. The molecule has 1 aliphatic carbocycles. The van der Waals surface area contributed by atoms with Crippen LogP contribution in [0, 0.1) is 5.92 Å². The molecule has 41 heavy (non-hydrogen) atoms. The van der Waals surface area contributed by atoms with Crippen molar-refractivity contribution in [2.75, 3.05) is 6.61 Å². The Hall–Kier alpha value is -2.83. The first-order valence-electron chi connectivity index (χ1n) is 14.7. The zero-order valence-corrected chi connectivity index (χ0v) is 26.8. The van der Waals surface area contributed by atoms with Crippen molar-refractivity contribution >= 4 is 25.2 Å². The van der Waals surface area contributed by atoms with E-state index in [1.165, 1.54) is 0 Å². The summed E-state index contributed by atoms with van der Waals surface area (Å²) in [6.45, 7) is 17.9. The van der Waals surface area contributed by atoms with Gasteiger partial charge in [-0.1, -0.05) is 33.5 Å². The highest BCUT2D eigenvalue weighted by Crippen LogP contribution is 2.35. The largest absolute Gasteiger partial charge is 0.444 e. The third kappa shape index (κ3) is 8.59. The summed E-state index contributed by atoms with van der Waals surface area (Å²) in [4.78, 5) is 22.2. The van der Waals surface area contributed by atoms with Gasteiger partial charge in [0.05, 0.1) is 17.8 Å². The number of fused-ring (bicyclic) bond motifs is 1. The normalized spacial score (nSPS) is 20.1. The van der Waals surface area contributed by atoms with Gasteiger partial charge < -0.3 is 24.5 Å². The van der Waals surface area contributed by atoms with E-state index < -0.39 is 25.9 Å². The molecule has 4 rings (SSSR count). The number of rotatable bonds is 10. The first kappa shape index (κ1) is 31.1. The lowest BCUT2D eigenvalue weighted by molar-refractivity contribution is 0.0412. The number of alkyl carbamates (subject to hydrolysis) is 1. The van der Waals surface area contributed by atoms with Gasteiger partial charge in [-0.25, -0.2) is 9.78 Å². The summed E-state index contributed by atoms with van der Waals surface area (Å²) >= 11 is 0. The minimum Gasteiger partial charge on any atom is -0.444 e. The van der Waals surface area contributed by atoms with Gasteiger partial charge in [0.25, 0.3) is 0 Å². The second-order valence-electron chi connectivity index (χ2n) is 13.9. The summed E-state index contributed by atoms with van der Waals surface area (Å²) in [5.41, 5.74) is 1.81. The number of nitrogens with one attached hydrogen (secondary N) is 1. The number of hydrogen-bond donors (Lipinski definition) is 2. The molecule has 0 saturated heterocycles. The molecular weight excluding hydrogens is 538 g/mol. The molecular formula is C29H47N7O4Si. The van der Waals surface area contributed by atoms with Crippen molar-refractivity contribution < 1.29 is 19.4 Å². The van der Waals surface area contributed by atoms with Gasteiger partial charge in [0.15, 0.2) is 5.82 Å². The number of imidazole rings is 1. The average Bonchev–Trinajstić information content (AvgIpc) is 3.42. The van der Waals surface area contributed by atoms with E-state index in [1.807, 2.05) is 31.4 Å². The lowest BCUT2D eigenvalue weighted by Crippen LogP contribution is -2.45. The predicted molar refractivity (Wildman–Crippen MR) is 161 cm³/mol. The zero-order valence-electron chi connectivity index (χ0n) is 25.8. The van der Waals surface area contributed by atoms with Crippen LogP contribution in [0.5, 0.6) is 0 Å². The summed E-state index contributed by atoms with van der Waals surface area (Å²) in [6, 6.07) is 2.81. The van der Waals surface area contributed by atoms with E-state index in [2.05, 4.69) is 58.6 Å². The van der Waals surface area contributed by atoms with Gasteiger partial charge in [-0.3, -0.25) is 9.55 Å². The molecule has 0 aliphatic heterocycles. The quantitative estimate of drug-likeness (QED) is 0.246.